The van der Waals surface area contributed by atoms with E-state index in [0.29, 0.717) is 0 Å². The van der Waals surface area contributed by atoms with Gasteiger partial charge < -0.3 is 19.3 Å². The molecule has 4 heterocycles. The van der Waals surface area contributed by atoms with Gasteiger partial charge in [0.2, 0.25) is 0 Å². The highest BCUT2D eigenvalue weighted by Crippen LogP contribution is 2.26. The Hall–Kier alpha value is -3.94. The van der Waals surface area contributed by atoms with Gasteiger partial charge in [0, 0.05) is 68.4 Å². The predicted molar refractivity (Wildman–Crippen MR) is 114 cm³/mol. The van der Waals surface area contributed by atoms with Gasteiger partial charge in [-0.15, -0.1) is 0 Å². The van der Waals surface area contributed by atoms with Gasteiger partial charge in [-0.3, -0.25) is 4.98 Å². The summed E-state index contributed by atoms with van der Waals surface area (Å²) in [4.78, 5) is 29.2. The summed E-state index contributed by atoms with van der Waals surface area (Å²) < 4.78 is 1.97. The van der Waals surface area contributed by atoms with Gasteiger partial charge in [-0.25, -0.2) is 14.8 Å². The fourth-order valence-electron chi connectivity index (χ4n) is 3.78. The Morgan fingerprint density at radius 2 is 1.60 bits per heavy atom. The number of anilines is 2. The quantitative estimate of drug-likeness (QED) is 0.564. The van der Waals surface area contributed by atoms with E-state index in [1.165, 1.54) is 5.69 Å². The van der Waals surface area contributed by atoms with E-state index in [-0.39, 0.29) is 5.56 Å². The van der Waals surface area contributed by atoms with Crippen molar-refractivity contribution in [2.75, 3.05) is 36.0 Å². The Kier molecular flexibility index (Phi) is 4.51. The van der Waals surface area contributed by atoms with Crippen molar-refractivity contribution >= 4 is 23.1 Å². The Morgan fingerprint density at radius 1 is 0.900 bits per heavy atom. The lowest BCUT2D eigenvalue weighted by Gasteiger charge is -2.36. The molecule has 30 heavy (non-hydrogen) atoms. The zero-order valence-corrected chi connectivity index (χ0v) is 16.2. The molecule has 0 radical (unpaired) electrons. The van der Waals surface area contributed by atoms with E-state index >= 15 is 0 Å². The average Bonchev–Trinajstić information content (AvgIpc) is 3.28. The van der Waals surface area contributed by atoms with Crippen molar-refractivity contribution in [3.05, 3.63) is 72.9 Å². The molecule has 8 nitrogen and oxygen atoms in total. The number of rotatable bonds is 4. The molecular weight excluding hydrogens is 380 g/mol. The number of hydrogen-bond donors (Lipinski definition) is 1. The van der Waals surface area contributed by atoms with Gasteiger partial charge >= 0.3 is 5.97 Å². The second-order valence-electron chi connectivity index (χ2n) is 7.17. The number of piperazine rings is 1. The maximum atomic E-state index is 11.1. The van der Waals surface area contributed by atoms with Gasteiger partial charge in [0.15, 0.2) is 11.5 Å². The number of imidazole rings is 1. The lowest BCUT2D eigenvalue weighted by molar-refractivity contribution is 0.0697. The standard InChI is InChI=1S/C22H20N6O2/c29-22(30)17-3-1-16(2-4-17)19-15-28-10-9-24-20(28)21(25-19)27-13-11-26(12-14-27)18-5-7-23-8-6-18/h1-10,15H,11-14H2,(H,29,30). The number of hydrogen-bond acceptors (Lipinski definition) is 6. The summed E-state index contributed by atoms with van der Waals surface area (Å²) >= 11 is 0. The Morgan fingerprint density at radius 3 is 2.30 bits per heavy atom. The summed E-state index contributed by atoms with van der Waals surface area (Å²) in [6.45, 7) is 3.44. The van der Waals surface area contributed by atoms with Crippen LogP contribution in [0.3, 0.4) is 0 Å². The Labute approximate surface area is 173 Å². The summed E-state index contributed by atoms with van der Waals surface area (Å²) in [6, 6.07) is 10.8. The number of pyridine rings is 1. The molecule has 0 atom stereocenters. The second kappa shape index (κ2) is 7.47. The molecule has 0 unspecified atom stereocenters. The van der Waals surface area contributed by atoms with Crippen LogP contribution in [0.5, 0.6) is 0 Å². The lowest BCUT2D eigenvalue weighted by Crippen LogP contribution is -2.47. The molecule has 3 aromatic heterocycles. The molecule has 150 valence electrons. The molecule has 1 N–H and O–H groups in total. The third-order valence-corrected chi connectivity index (χ3v) is 5.39. The lowest BCUT2D eigenvalue weighted by atomic mass is 10.1. The fourth-order valence-corrected chi connectivity index (χ4v) is 3.78. The van der Waals surface area contributed by atoms with Crippen LogP contribution in [0, 0.1) is 0 Å². The van der Waals surface area contributed by atoms with Crippen LogP contribution in [-0.2, 0) is 0 Å². The summed E-state index contributed by atoms with van der Waals surface area (Å²) in [5.74, 6) is -0.0958. The molecule has 8 heteroatoms. The molecule has 1 aliphatic heterocycles. The fraction of sp³-hybridized carbons (Fsp3) is 0.182. The number of carboxylic acids is 1. The van der Waals surface area contributed by atoms with E-state index in [0.717, 1.165) is 48.9 Å². The molecule has 1 saturated heterocycles. The van der Waals surface area contributed by atoms with Crippen LogP contribution in [0.4, 0.5) is 11.5 Å². The minimum absolute atomic E-state index is 0.259. The highest BCUT2D eigenvalue weighted by molar-refractivity contribution is 5.88. The van der Waals surface area contributed by atoms with Crippen molar-refractivity contribution in [2.45, 2.75) is 0 Å². The van der Waals surface area contributed by atoms with Gasteiger partial charge in [-0.2, -0.15) is 0 Å². The number of carbonyl (C=O) groups is 1. The van der Waals surface area contributed by atoms with E-state index in [2.05, 4.69) is 19.8 Å². The van der Waals surface area contributed by atoms with Crippen LogP contribution >= 0.6 is 0 Å². The maximum Gasteiger partial charge on any atom is 0.335 e. The van der Waals surface area contributed by atoms with E-state index < -0.39 is 5.97 Å². The zero-order valence-electron chi connectivity index (χ0n) is 16.2. The Bertz CT molecular complexity index is 1180. The molecule has 0 spiro atoms. The topological polar surface area (TPSA) is 86.9 Å². The molecule has 1 fully saturated rings. The van der Waals surface area contributed by atoms with Crippen LogP contribution in [0.2, 0.25) is 0 Å². The smallest absolute Gasteiger partial charge is 0.335 e. The first-order valence-electron chi connectivity index (χ1n) is 9.76. The first kappa shape index (κ1) is 18.1. The van der Waals surface area contributed by atoms with Crippen molar-refractivity contribution in [3.8, 4) is 11.3 Å². The molecule has 0 aliphatic carbocycles. The molecule has 1 aromatic carbocycles. The van der Waals surface area contributed by atoms with E-state index in [9.17, 15) is 4.79 Å². The van der Waals surface area contributed by atoms with Crippen LogP contribution < -0.4 is 9.80 Å². The largest absolute Gasteiger partial charge is 0.478 e. The van der Waals surface area contributed by atoms with Gasteiger partial charge in [-0.05, 0) is 24.3 Å². The molecule has 1 aliphatic rings. The third kappa shape index (κ3) is 3.32. The summed E-state index contributed by atoms with van der Waals surface area (Å²) in [5, 5.41) is 9.14. The van der Waals surface area contributed by atoms with E-state index in [1.54, 1.807) is 30.5 Å². The highest BCUT2D eigenvalue weighted by atomic mass is 16.4. The van der Waals surface area contributed by atoms with E-state index in [1.807, 2.05) is 41.3 Å². The number of carboxylic acid groups (broad SMARTS) is 1. The van der Waals surface area contributed by atoms with Crippen LogP contribution in [-0.4, -0.2) is 56.6 Å². The maximum absolute atomic E-state index is 11.1. The minimum Gasteiger partial charge on any atom is -0.478 e. The van der Waals surface area contributed by atoms with Crippen molar-refractivity contribution in [2.24, 2.45) is 0 Å². The number of aromatic carboxylic acids is 1. The van der Waals surface area contributed by atoms with Gasteiger partial charge in [-0.1, -0.05) is 12.1 Å². The van der Waals surface area contributed by atoms with Crippen molar-refractivity contribution in [1.29, 1.82) is 0 Å². The average molecular weight is 400 g/mol. The van der Waals surface area contributed by atoms with Crippen molar-refractivity contribution < 1.29 is 9.90 Å². The molecule has 4 aromatic rings. The van der Waals surface area contributed by atoms with Crippen LogP contribution in [0.1, 0.15) is 10.4 Å². The van der Waals surface area contributed by atoms with Crippen molar-refractivity contribution in [1.82, 2.24) is 19.4 Å². The number of benzene rings is 1. The summed E-state index contributed by atoms with van der Waals surface area (Å²) in [6.07, 6.45) is 9.23. The SMILES string of the molecule is O=C(O)c1ccc(-c2cn3ccnc3c(N3CCN(c4ccncc4)CC3)n2)cc1. The Balaban J connectivity index is 1.44. The second-order valence-corrected chi connectivity index (χ2v) is 7.17. The normalized spacial score (nSPS) is 14.3. The first-order valence-corrected chi connectivity index (χ1v) is 9.76. The number of aromatic nitrogens is 4. The highest BCUT2D eigenvalue weighted by Gasteiger charge is 2.22. The monoisotopic (exact) mass is 400 g/mol. The molecule has 0 amide bonds. The van der Waals surface area contributed by atoms with Gasteiger partial charge in [0.1, 0.15) is 0 Å². The molecular formula is C22H20N6O2. The van der Waals surface area contributed by atoms with Crippen molar-refractivity contribution in [3.63, 3.8) is 0 Å². The molecule has 0 saturated carbocycles. The molecule has 0 bridgehead atoms. The number of nitrogens with zero attached hydrogens (tertiary/aromatic N) is 6. The zero-order chi connectivity index (χ0) is 20.5. The van der Waals surface area contributed by atoms with Crippen LogP contribution in [0.15, 0.2) is 67.4 Å². The molecule has 5 rings (SSSR count). The first-order chi connectivity index (χ1) is 14.7. The summed E-state index contributed by atoms with van der Waals surface area (Å²) in [7, 11) is 0. The van der Waals surface area contributed by atoms with Gasteiger partial charge in [0.25, 0.3) is 0 Å². The minimum atomic E-state index is -0.938. The number of fused-ring (bicyclic) bond motifs is 1. The van der Waals surface area contributed by atoms with Gasteiger partial charge in [0.05, 0.1) is 11.3 Å². The summed E-state index contributed by atoms with van der Waals surface area (Å²) in [5.41, 5.74) is 3.90. The third-order valence-electron chi connectivity index (χ3n) is 5.39. The predicted octanol–water partition coefficient (Wildman–Crippen LogP) is 2.82. The van der Waals surface area contributed by atoms with E-state index in [4.69, 9.17) is 10.1 Å². The van der Waals surface area contributed by atoms with Crippen LogP contribution in [0.25, 0.3) is 16.9 Å².